The minimum Gasteiger partial charge on any atom is -0.279 e. The van der Waals surface area contributed by atoms with Crippen LogP contribution in [0.1, 0.15) is 29.8 Å². The maximum Gasteiger partial charge on any atom is 0.260 e. The maximum atomic E-state index is 13.6. The van der Waals surface area contributed by atoms with E-state index in [0.717, 1.165) is 11.8 Å². The van der Waals surface area contributed by atoms with E-state index in [0.29, 0.717) is 20.9 Å². The first-order valence-electron chi connectivity index (χ1n) is 10.8. The molecule has 0 fully saturated rings. The van der Waals surface area contributed by atoms with Gasteiger partial charge in [-0.25, -0.2) is 21.8 Å². The minimum absolute atomic E-state index is 0.159. The third-order valence-corrected chi connectivity index (χ3v) is 9.81. The molecule has 1 heterocycles. The summed E-state index contributed by atoms with van der Waals surface area (Å²) in [6.07, 6.45) is 1.14. The molecule has 3 aromatic carbocycles. The number of hydrogen-bond acceptors (Lipinski definition) is 7. The minimum atomic E-state index is -3.46. The highest BCUT2D eigenvalue weighted by Crippen LogP contribution is 2.32. The zero-order chi connectivity index (χ0) is 25.4. The summed E-state index contributed by atoms with van der Waals surface area (Å²) in [5.74, 6) is -0.343. The van der Waals surface area contributed by atoms with Gasteiger partial charge >= 0.3 is 0 Å². The van der Waals surface area contributed by atoms with Gasteiger partial charge in [-0.15, -0.1) is 0 Å². The highest BCUT2D eigenvalue weighted by Gasteiger charge is 2.24. The number of amides is 1. The first-order valence-corrected chi connectivity index (χ1v) is 15.0. The van der Waals surface area contributed by atoms with Gasteiger partial charge in [-0.2, -0.15) is 0 Å². The number of sulfone groups is 2. The van der Waals surface area contributed by atoms with Crippen LogP contribution < -0.4 is 4.90 Å². The SMILES string of the molecule is CC(C)S(=O)(=O)c1ccc(C(=O)N(Cc2ccccc2)c2nc3ccc(S(C)(=O)=O)cc3s2)cc1. The topological polar surface area (TPSA) is 101 Å². The van der Waals surface area contributed by atoms with Crippen LogP contribution >= 0.6 is 11.3 Å². The summed E-state index contributed by atoms with van der Waals surface area (Å²) in [6.45, 7) is 3.46. The normalized spacial score (nSPS) is 12.2. The number of aromatic nitrogens is 1. The number of nitrogens with zero attached hydrogens (tertiary/aromatic N) is 2. The van der Waals surface area contributed by atoms with Gasteiger partial charge in [0.2, 0.25) is 0 Å². The number of anilines is 1. The second-order valence-corrected chi connectivity index (χ2v) is 13.9. The fourth-order valence-corrected chi connectivity index (χ4v) is 6.23. The maximum absolute atomic E-state index is 13.6. The van der Waals surface area contributed by atoms with Crippen molar-refractivity contribution in [1.29, 1.82) is 0 Å². The summed E-state index contributed by atoms with van der Waals surface area (Å²) in [5, 5.41) is -0.156. The molecular formula is C25H24N2O5S3. The van der Waals surface area contributed by atoms with Crippen LogP contribution in [0.4, 0.5) is 5.13 Å². The van der Waals surface area contributed by atoms with E-state index in [1.54, 1.807) is 26.0 Å². The standard InChI is InChI=1S/C25H24N2O5S3/c1-17(2)35(31,32)20-11-9-19(10-12-20)24(28)27(16-18-7-5-4-6-8-18)25-26-22-14-13-21(34(3,29)30)15-23(22)33-25/h4-15,17H,16H2,1-3H3. The molecule has 1 aromatic heterocycles. The quantitative estimate of drug-likeness (QED) is 0.344. The van der Waals surface area contributed by atoms with Crippen molar-refractivity contribution < 1.29 is 21.6 Å². The third-order valence-electron chi connectivity index (χ3n) is 5.49. The molecule has 0 saturated carbocycles. The first kappa shape index (κ1) is 25.0. The molecule has 182 valence electrons. The Morgan fingerprint density at radius 2 is 1.54 bits per heavy atom. The van der Waals surface area contributed by atoms with Crippen molar-refractivity contribution in [2.24, 2.45) is 0 Å². The Balaban J connectivity index is 1.75. The molecule has 0 aliphatic rings. The highest BCUT2D eigenvalue weighted by atomic mass is 32.2. The first-order chi connectivity index (χ1) is 16.5. The zero-order valence-electron chi connectivity index (χ0n) is 19.4. The van der Waals surface area contributed by atoms with Gasteiger partial charge in [0.1, 0.15) is 0 Å². The molecule has 0 radical (unpaired) electrons. The molecule has 4 aromatic rings. The Hall–Kier alpha value is -3.08. The van der Waals surface area contributed by atoms with E-state index in [4.69, 9.17) is 0 Å². The summed E-state index contributed by atoms with van der Waals surface area (Å²) < 4.78 is 49.5. The van der Waals surface area contributed by atoms with Crippen molar-refractivity contribution in [2.45, 2.75) is 35.4 Å². The molecule has 0 saturated heterocycles. The predicted molar refractivity (Wildman–Crippen MR) is 138 cm³/mol. The summed E-state index contributed by atoms with van der Waals surface area (Å²) in [6, 6.07) is 20.0. The molecule has 1 amide bonds. The lowest BCUT2D eigenvalue weighted by atomic mass is 10.1. The molecule has 0 aliphatic carbocycles. The number of fused-ring (bicyclic) bond motifs is 1. The summed E-state index contributed by atoms with van der Waals surface area (Å²) in [4.78, 5) is 20.0. The molecule has 7 nitrogen and oxygen atoms in total. The lowest BCUT2D eigenvalue weighted by molar-refractivity contribution is 0.0985. The molecular weight excluding hydrogens is 504 g/mol. The second kappa shape index (κ2) is 9.52. The van der Waals surface area contributed by atoms with E-state index in [1.165, 1.54) is 46.6 Å². The van der Waals surface area contributed by atoms with Crippen LogP contribution in [0.25, 0.3) is 10.2 Å². The molecule has 4 rings (SSSR count). The number of rotatable bonds is 7. The van der Waals surface area contributed by atoms with Crippen LogP contribution in [0.15, 0.2) is 82.6 Å². The van der Waals surface area contributed by atoms with Crippen LogP contribution in [-0.4, -0.2) is 39.2 Å². The van der Waals surface area contributed by atoms with E-state index in [9.17, 15) is 21.6 Å². The Kier molecular flexibility index (Phi) is 6.81. The van der Waals surface area contributed by atoms with E-state index < -0.39 is 24.9 Å². The van der Waals surface area contributed by atoms with E-state index >= 15 is 0 Å². The van der Waals surface area contributed by atoms with E-state index in [2.05, 4.69) is 4.98 Å². The highest BCUT2D eigenvalue weighted by molar-refractivity contribution is 7.92. The van der Waals surface area contributed by atoms with Gasteiger partial charge in [0, 0.05) is 11.8 Å². The fourth-order valence-electron chi connectivity index (χ4n) is 3.45. The summed E-state index contributed by atoms with van der Waals surface area (Å²) >= 11 is 1.22. The van der Waals surface area contributed by atoms with Crippen molar-refractivity contribution in [2.75, 3.05) is 11.2 Å². The number of hydrogen-bond donors (Lipinski definition) is 0. The third kappa shape index (κ3) is 5.29. The van der Waals surface area contributed by atoms with Gasteiger partial charge in [-0.1, -0.05) is 41.7 Å². The number of thiazole rings is 1. The number of carbonyl (C=O) groups excluding carboxylic acids is 1. The number of benzene rings is 3. The van der Waals surface area contributed by atoms with Gasteiger partial charge < -0.3 is 0 Å². The average Bonchev–Trinajstić information content (AvgIpc) is 3.25. The Bertz CT molecular complexity index is 1590. The summed E-state index contributed by atoms with van der Waals surface area (Å²) in [5.41, 5.74) is 1.79. The van der Waals surface area contributed by atoms with Crippen molar-refractivity contribution in [3.05, 3.63) is 83.9 Å². The number of carbonyl (C=O) groups is 1. The average molecular weight is 529 g/mol. The van der Waals surface area contributed by atoms with Crippen LogP contribution in [-0.2, 0) is 26.2 Å². The Labute approximate surface area is 208 Å². The molecule has 35 heavy (non-hydrogen) atoms. The lowest BCUT2D eigenvalue weighted by Gasteiger charge is -2.20. The van der Waals surface area contributed by atoms with Crippen molar-refractivity contribution in [3.63, 3.8) is 0 Å². The Morgan fingerprint density at radius 1 is 0.914 bits per heavy atom. The van der Waals surface area contributed by atoms with E-state index in [-0.39, 0.29) is 22.2 Å². The molecule has 0 aliphatic heterocycles. The van der Waals surface area contributed by atoms with Crippen molar-refractivity contribution >= 4 is 52.3 Å². The van der Waals surface area contributed by atoms with Crippen LogP contribution in [0.2, 0.25) is 0 Å². The molecule has 10 heteroatoms. The zero-order valence-corrected chi connectivity index (χ0v) is 21.8. The molecule has 0 N–H and O–H groups in total. The smallest absolute Gasteiger partial charge is 0.260 e. The largest absolute Gasteiger partial charge is 0.279 e. The van der Waals surface area contributed by atoms with Gasteiger partial charge in [0.15, 0.2) is 24.8 Å². The molecule has 0 bridgehead atoms. The van der Waals surface area contributed by atoms with Gasteiger partial charge in [-0.05, 0) is 61.9 Å². The van der Waals surface area contributed by atoms with Crippen molar-refractivity contribution in [3.8, 4) is 0 Å². The molecule has 0 unspecified atom stereocenters. The van der Waals surface area contributed by atoms with Crippen LogP contribution in [0, 0.1) is 0 Å². The predicted octanol–water partition coefficient (Wildman–Crippen LogP) is 4.73. The molecule has 0 atom stereocenters. The van der Waals surface area contributed by atoms with Gasteiger partial charge in [0.05, 0.1) is 31.8 Å². The second-order valence-electron chi connectivity index (χ2n) is 8.39. The summed E-state index contributed by atoms with van der Waals surface area (Å²) in [7, 11) is -6.84. The molecule has 0 spiro atoms. The van der Waals surface area contributed by atoms with Crippen molar-refractivity contribution in [1.82, 2.24) is 4.98 Å². The van der Waals surface area contributed by atoms with Crippen LogP contribution in [0.3, 0.4) is 0 Å². The van der Waals surface area contributed by atoms with Gasteiger partial charge in [0.25, 0.3) is 5.91 Å². The van der Waals surface area contributed by atoms with Gasteiger partial charge in [-0.3, -0.25) is 9.69 Å². The van der Waals surface area contributed by atoms with E-state index in [1.807, 2.05) is 30.3 Å². The van der Waals surface area contributed by atoms with Crippen LogP contribution in [0.5, 0.6) is 0 Å². The fraction of sp³-hybridized carbons (Fsp3) is 0.200. The Morgan fingerprint density at radius 3 is 2.14 bits per heavy atom. The lowest BCUT2D eigenvalue weighted by Crippen LogP contribution is -2.30. The monoisotopic (exact) mass is 528 g/mol.